The van der Waals surface area contributed by atoms with Gasteiger partial charge in [0.1, 0.15) is 5.76 Å². The first-order valence-corrected chi connectivity index (χ1v) is 9.21. The normalized spacial score (nSPS) is 20.3. The van der Waals surface area contributed by atoms with Crippen LogP contribution in [-0.4, -0.2) is 41.0 Å². The van der Waals surface area contributed by atoms with Crippen molar-refractivity contribution < 1.29 is 17.6 Å². The number of nitrogens with zero attached hydrogens (tertiary/aromatic N) is 3. The summed E-state index contributed by atoms with van der Waals surface area (Å²) in [6.45, 7) is 0. The number of hydrazone groups is 1. The number of aliphatic imine (C=N–C) groups is 1. The van der Waals surface area contributed by atoms with Crippen LogP contribution in [0.15, 0.2) is 36.9 Å². The SMILES string of the molecule is CS(=O)(=O)C1=NN2C(=N)/C(=C/c3ccc(Br)o3)C(=O)N=C2S1. The van der Waals surface area contributed by atoms with Gasteiger partial charge in [-0.15, -0.1) is 5.10 Å². The van der Waals surface area contributed by atoms with Crippen LogP contribution in [0.1, 0.15) is 5.76 Å². The molecule has 2 aliphatic heterocycles. The van der Waals surface area contributed by atoms with E-state index in [1.807, 2.05) is 0 Å². The predicted octanol–water partition coefficient (Wildman–Crippen LogP) is 1.66. The molecule has 0 radical (unpaired) electrons. The molecule has 0 bridgehead atoms. The van der Waals surface area contributed by atoms with Crippen LogP contribution in [0.4, 0.5) is 0 Å². The van der Waals surface area contributed by atoms with Gasteiger partial charge in [-0.3, -0.25) is 10.2 Å². The van der Waals surface area contributed by atoms with Crippen molar-refractivity contribution in [3.8, 4) is 0 Å². The van der Waals surface area contributed by atoms with Crippen LogP contribution >= 0.6 is 27.7 Å². The maximum Gasteiger partial charge on any atom is 0.283 e. The van der Waals surface area contributed by atoms with E-state index in [2.05, 4.69) is 26.0 Å². The van der Waals surface area contributed by atoms with Crippen LogP contribution in [-0.2, 0) is 14.6 Å². The minimum absolute atomic E-state index is 0.0373. The topological polar surface area (TPSA) is 116 Å². The summed E-state index contributed by atoms with van der Waals surface area (Å²) in [5.74, 6) is -0.548. The summed E-state index contributed by atoms with van der Waals surface area (Å²) in [7, 11) is -3.54. The molecule has 0 fully saturated rings. The van der Waals surface area contributed by atoms with Crippen LogP contribution < -0.4 is 0 Å². The molecule has 0 saturated carbocycles. The monoisotopic (exact) mass is 402 g/mol. The number of carbonyl (C=O) groups excluding carboxylic acids is 1. The van der Waals surface area contributed by atoms with Gasteiger partial charge >= 0.3 is 0 Å². The lowest BCUT2D eigenvalue weighted by molar-refractivity contribution is -0.114. The van der Waals surface area contributed by atoms with Gasteiger partial charge in [0.25, 0.3) is 5.91 Å². The maximum atomic E-state index is 12.0. The van der Waals surface area contributed by atoms with Gasteiger partial charge in [-0.2, -0.15) is 10.0 Å². The molecule has 114 valence electrons. The Bertz CT molecular complexity index is 897. The number of hydrogen-bond acceptors (Lipinski definition) is 7. The molecule has 3 heterocycles. The van der Waals surface area contributed by atoms with Gasteiger partial charge in [0.2, 0.25) is 19.4 Å². The van der Waals surface area contributed by atoms with Crippen molar-refractivity contribution in [3.63, 3.8) is 0 Å². The summed E-state index contributed by atoms with van der Waals surface area (Å²) in [5, 5.41) is 12.9. The molecule has 11 heteroatoms. The van der Waals surface area contributed by atoms with E-state index in [0.717, 1.165) is 23.0 Å². The predicted molar refractivity (Wildman–Crippen MR) is 86.3 cm³/mol. The van der Waals surface area contributed by atoms with E-state index in [1.165, 1.54) is 6.08 Å². The average Bonchev–Trinajstić information content (AvgIpc) is 3.00. The molecular weight excluding hydrogens is 396 g/mol. The molecular formula is C11H7BrN4O4S2. The standard InChI is InChI=1S/C11H7BrN4O4S2/c1-22(18,19)11-15-16-8(13)6(9(17)14-10(16)21-11)4-5-2-3-7(12)20-5/h2-4,13H,1H3/b6-4-,13-8?. The summed E-state index contributed by atoms with van der Waals surface area (Å²) in [6.07, 6.45) is 2.36. The van der Waals surface area contributed by atoms with E-state index in [9.17, 15) is 13.2 Å². The summed E-state index contributed by atoms with van der Waals surface area (Å²) in [6, 6.07) is 3.25. The highest BCUT2D eigenvalue weighted by atomic mass is 79.9. The van der Waals surface area contributed by atoms with Gasteiger partial charge < -0.3 is 4.42 Å². The lowest BCUT2D eigenvalue weighted by atomic mass is 10.1. The number of amides is 1. The fraction of sp³-hybridized carbons (Fsp3) is 0.0909. The first kappa shape index (κ1) is 15.2. The summed E-state index contributed by atoms with van der Waals surface area (Å²) in [5.41, 5.74) is -0.0373. The van der Waals surface area contributed by atoms with Crippen molar-refractivity contribution in [3.05, 3.63) is 28.1 Å². The minimum Gasteiger partial charge on any atom is -0.450 e. The number of nitrogens with one attached hydrogen (secondary N) is 1. The maximum absolute atomic E-state index is 12.0. The number of sulfone groups is 1. The smallest absolute Gasteiger partial charge is 0.283 e. The van der Waals surface area contributed by atoms with Crippen LogP contribution in [0.25, 0.3) is 6.08 Å². The van der Waals surface area contributed by atoms with Crippen molar-refractivity contribution in [2.45, 2.75) is 0 Å². The lowest BCUT2D eigenvalue weighted by Gasteiger charge is -2.19. The second kappa shape index (κ2) is 5.18. The van der Waals surface area contributed by atoms with Crippen molar-refractivity contribution in [2.75, 3.05) is 6.26 Å². The molecule has 0 aromatic carbocycles. The summed E-state index contributed by atoms with van der Waals surface area (Å²) < 4.78 is 28.6. The molecule has 0 saturated heterocycles. The van der Waals surface area contributed by atoms with Crippen molar-refractivity contribution in [1.29, 1.82) is 5.41 Å². The van der Waals surface area contributed by atoms with E-state index in [4.69, 9.17) is 9.83 Å². The van der Waals surface area contributed by atoms with Gasteiger partial charge in [0.05, 0.1) is 5.57 Å². The molecule has 1 aromatic rings. The largest absolute Gasteiger partial charge is 0.450 e. The Balaban J connectivity index is 2.02. The van der Waals surface area contributed by atoms with Gasteiger partial charge in [0, 0.05) is 6.26 Å². The highest BCUT2D eigenvalue weighted by molar-refractivity contribution is 9.10. The third-order valence-electron chi connectivity index (χ3n) is 2.63. The van der Waals surface area contributed by atoms with Crippen LogP contribution in [0.5, 0.6) is 0 Å². The molecule has 1 N–H and O–H groups in total. The minimum atomic E-state index is -3.54. The Morgan fingerprint density at radius 1 is 1.45 bits per heavy atom. The molecule has 1 amide bonds. The van der Waals surface area contributed by atoms with Crippen LogP contribution in [0, 0.1) is 5.41 Å². The number of halogens is 1. The number of furan rings is 1. The zero-order valence-corrected chi connectivity index (χ0v) is 14.1. The Labute approximate surface area is 137 Å². The summed E-state index contributed by atoms with van der Waals surface area (Å²) >= 11 is 3.88. The molecule has 2 aliphatic rings. The number of amidine groups is 2. The molecule has 0 aliphatic carbocycles. The number of rotatable bonds is 1. The Morgan fingerprint density at radius 3 is 2.77 bits per heavy atom. The van der Waals surface area contributed by atoms with E-state index in [-0.39, 0.29) is 21.0 Å². The number of hydrogen-bond donors (Lipinski definition) is 1. The zero-order chi connectivity index (χ0) is 16.1. The average molecular weight is 403 g/mol. The second-order valence-electron chi connectivity index (χ2n) is 4.30. The van der Waals surface area contributed by atoms with Gasteiger partial charge in [-0.05, 0) is 45.9 Å². The lowest BCUT2D eigenvalue weighted by Crippen LogP contribution is -2.35. The van der Waals surface area contributed by atoms with E-state index in [0.29, 0.717) is 10.4 Å². The van der Waals surface area contributed by atoms with Crippen molar-refractivity contribution >= 4 is 64.9 Å². The Morgan fingerprint density at radius 2 is 2.18 bits per heavy atom. The van der Waals surface area contributed by atoms with Crippen molar-refractivity contribution in [2.24, 2.45) is 10.1 Å². The highest BCUT2D eigenvalue weighted by Crippen LogP contribution is 2.30. The van der Waals surface area contributed by atoms with Gasteiger partial charge in [0.15, 0.2) is 10.5 Å². The second-order valence-corrected chi connectivity index (χ2v) is 8.23. The van der Waals surface area contributed by atoms with E-state index in [1.54, 1.807) is 12.1 Å². The first-order valence-electron chi connectivity index (χ1n) is 5.71. The number of fused-ring (bicyclic) bond motifs is 1. The van der Waals surface area contributed by atoms with Crippen LogP contribution in [0.3, 0.4) is 0 Å². The quantitative estimate of drug-likeness (QED) is 0.713. The van der Waals surface area contributed by atoms with Gasteiger partial charge in [-0.25, -0.2) is 8.42 Å². The van der Waals surface area contributed by atoms with E-state index >= 15 is 0 Å². The Kier molecular flexibility index (Phi) is 3.57. The van der Waals surface area contributed by atoms with E-state index < -0.39 is 15.7 Å². The third kappa shape index (κ3) is 2.66. The molecule has 8 nitrogen and oxygen atoms in total. The molecule has 0 unspecified atom stereocenters. The first-order chi connectivity index (χ1) is 10.3. The van der Waals surface area contributed by atoms with Gasteiger partial charge in [-0.1, -0.05) is 0 Å². The molecule has 1 aromatic heterocycles. The molecule has 3 rings (SSSR count). The Hall–Kier alpha value is -1.72. The fourth-order valence-corrected chi connectivity index (χ4v) is 3.68. The highest BCUT2D eigenvalue weighted by Gasteiger charge is 2.38. The fourth-order valence-electron chi connectivity index (χ4n) is 1.67. The van der Waals surface area contributed by atoms with Crippen molar-refractivity contribution in [1.82, 2.24) is 5.01 Å². The molecule has 0 atom stereocenters. The summed E-state index contributed by atoms with van der Waals surface area (Å²) in [4.78, 5) is 15.8. The number of carbonyl (C=O) groups is 1. The van der Waals surface area contributed by atoms with Crippen LogP contribution in [0.2, 0.25) is 0 Å². The third-order valence-corrected chi connectivity index (χ3v) is 5.64. The molecule has 22 heavy (non-hydrogen) atoms. The zero-order valence-electron chi connectivity index (χ0n) is 10.9. The molecule has 0 spiro atoms. The number of thioether (sulfide) groups is 1.